The van der Waals surface area contributed by atoms with E-state index < -0.39 is 0 Å². The molecule has 0 spiro atoms. The van der Waals surface area contributed by atoms with Crippen molar-refractivity contribution < 1.29 is 9.47 Å². The van der Waals surface area contributed by atoms with Crippen LogP contribution >= 0.6 is 11.6 Å². The van der Waals surface area contributed by atoms with Gasteiger partial charge in [-0.15, -0.1) is 0 Å². The third kappa shape index (κ3) is 5.25. The Morgan fingerprint density at radius 1 is 1.08 bits per heavy atom. The minimum Gasteiger partial charge on any atom is -0.493 e. The fourth-order valence-electron chi connectivity index (χ4n) is 2.54. The molecule has 6 heteroatoms. The summed E-state index contributed by atoms with van der Waals surface area (Å²) >= 11 is 5.90. The minimum atomic E-state index is 0.468. The van der Waals surface area contributed by atoms with E-state index in [2.05, 4.69) is 10.3 Å². The van der Waals surface area contributed by atoms with Gasteiger partial charge in [-0.25, -0.2) is 4.98 Å². The lowest BCUT2D eigenvalue weighted by Gasteiger charge is -2.13. The zero-order chi connectivity index (χ0) is 18.2. The first-order valence-electron chi connectivity index (χ1n) is 8.45. The van der Waals surface area contributed by atoms with E-state index in [0.29, 0.717) is 6.61 Å². The first-order chi connectivity index (χ1) is 12.7. The quantitative estimate of drug-likeness (QED) is 0.579. The smallest absolute Gasteiger partial charge is 0.161 e. The number of rotatable bonds is 9. The van der Waals surface area contributed by atoms with Crippen molar-refractivity contribution in [2.24, 2.45) is 0 Å². The van der Waals surface area contributed by atoms with E-state index in [1.165, 1.54) is 0 Å². The maximum absolute atomic E-state index is 5.90. The zero-order valence-corrected chi connectivity index (χ0v) is 15.4. The Morgan fingerprint density at radius 2 is 1.88 bits per heavy atom. The molecule has 136 valence electrons. The lowest BCUT2D eigenvalue weighted by atomic mass is 10.2. The van der Waals surface area contributed by atoms with Gasteiger partial charge in [0.1, 0.15) is 6.61 Å². The van der Waals surface area contributed by atoms with Crippen molar-refractivity contribution >= 4 is 11.6 Å². The highest BCUT2D eigenvalue weighted by Gasteiger charge is 2.06. The van der Waals surface area contributed by atoms with E-state index in [9.17, 15) is 0 Å². The Labute approximate surface area is 158 Å². The van der Waals surface area contributed by atoms with Crippen molar-refractivity contribution in [1.82, 2.24) is 14.9 Å². The van der Waals surface area contributed by atoms with E-state index in [1.54, 1.807) is 13.3 Å². The van der Waals surface area contributed by atoms with Gasteiger partial charge in [0.2, 0.25) is 0 Å². The predicted octanol–water partition coefficient (Wildman–Crippen LogP) is 3.91. The van der Waals surface area contributed by atoms with Crippen LogP contribution in [0.1, 0.15) is 11.1 Å². The number of hydrogen-bond donors (Lipinski definition) is 1. The van der Waals surface area contributed by atoms with Crippen molar-refractivity contribution in [2.45, 2.75) is 19.7 Å². The highest BCUT2D eigenvalue weighted by molar-refractivity contribution is 6.30. The molecule has 0 atom stereocenters. The molecule has 0 aliphatic heterocycles. The average Bonchev–Trinajstić information content (AvgIpc) is 3.18. The number of imidazole rings is 1. The fraction of sp³-hybridized carbons (Fsp3) is 0.250. The van der Waals surface area contributed by atoms with Gasteiger partial charge in [-0.2, -0.15) is 0 Å². The largest absolute Gasteiger partial charge is 0.493 e. The van der Waals surface area contributed by atoms with Gasteiger partial charge in [-0.05, 0) is 35.4 Å². The maximum Gasteiger partial charge on any atom is 0.161 e. The second kappa shape index (κ2) is 9.27. The van der Waals surface area contributed by atoms with Gasteiger partial charge in [-0.3, -0.25) is 0 Å². The molecular formula is C20H22ClN3O2. The fourth-order valence-corrected chi connectivity index (χ4v) is 2.67. The van der Waals surface area contributed by atoms with Crippen molar-refractivity contribution in [3.8, 4) is 11.5 Å². The molecular weight excluding hydrogens is 350 g/mol. The Hall–Kier alpha value is -2.50. The molecule has 2 aromatic carbocycles. The van der Waals surface area contributed by atoms with Gasteiger partial charge in [0, 0.05) is 37.1 Å². The standard InChI is InChI=1S/C20H22ClN3O2/c1-25-20-12-17(13-22-8-10-24-11-9-23-15-24)4-7-19(20)26-14-16-2-5-18(21)6-3-16/h2-7,9,11-12,15,22H,8,10,13-14H2,1H3. The van der Waals surface area contributed by atoms with E-state index in [1.807, 2.05) is 59.6 Å². The van der Waals surface area contributed by atoms with E-state index in [-0.39, 0.29) is 0 Å². The summed E-state index contributed by atoms with van der Waals surface area (Å²) in [5, 5.41) is 4.14. The Bertz CT molecular complexity index is 804. The Morgan fingerprint density at radius 3 is 2.62 bits per heavy atom. The first-order valence-corrected chi connectivity index (χ1v) is 8.83. The van der Waals surface area contributed by atoms with Gasteiger partial charge in [0.05, 0.1) is 13.4 Å². The molecule has 0 bridgehead atoms. The molecule has 0 aliphatic rings. The molecule has 1 aromatic heterocycles. The number of nitrogens with one attached hydrogen (secondary N) is 1. The second-order valence-electron chi connectivity index (χ2n) is 5.88. The second-order valence-corrected chi connectivity index (χ2v) is 6.31. The zero-order valence-electron chi connectivity index (χ0n) is 14.7. The number of halogens is 1. The molecule has 3 rings (SSSR count). The Kier molecular flexibility index (Phi) is 6.52. The van der Waals surface area contributed by atoms with Crippen LogP contribution in [0.5, 0.6) is 11.5 Å². The number of methoxy groups -OCH3 is 1. The number of ether oxygens (including phenoxy) is 2. The third-order valence-electron chi connectivity index (χ3n) is 3.97. The summed E-state index contributed by atoms with van der Waals surface area (Å²) in [5.74, 6) is 1.46. The normalized spacial score (nSPS) is 10.7. The van der Waals surface area contributed by atoms with Crippen LogP contribution in [0.4, 0.5) is 0 Å². The van der Waals surface area contributed by atoms with Crippen molar-refractivity contribution in [1.29, 1.82) is 0 Å². The number of nitrogens with zero attached hydrogens (tertiary/aromatic N) is 2. The van der Waals surface area contributed by atoms with E-state index in [4.69, 9.17) is 21.1 Å². The van der Waals surface area contributed by atoms with Gasteiger partial charge < -0.3 is 19.4 Å². The minimum absolute atomic E-state index is 0.468. The van der Waals surface area contributed by atoms with Gasteiger partial charge in [-0.1, -0.05) is 29.8 Å². The average molecular weight is 372 g/mol. The monoisotopic (exact) mass is 371 g/mol. The summed E-state index contributed by atoms with van der Waals surface area (Å²) in [5.41, 5.74) is 2.20. The number of aromatic nitrogens is 2. The van der Waals surface area contributed by atoms with Crippen molar-refractivity contribution in [3.63, 3.8) is 0 Å². The number of hydrogen-bond acceptors (Lipinski definition) is 4. The summed E-state index contributed by atoms with van der Waals surface area (Å²) in [6.45, 7) is 2.99. The topological polar surface area (TPSA) is 48.3 Å². The maximum atomic E-state index is 5.90. The summed E-state index contributed by atoms with van der Waals surface area (Å²) < 4.78 is 13.4. The molecule has 3 aromatic rings. The highest BCUT2D eigenvalue weighted by Crippen LogP contribution is 2.29. The molecule has 1 N–H and O–H groups in total. The summed E-state index contributed by atoms with van der Waals surface area (Å²) in [6.07, 6.45) is 5.56. The van der Waals surface area contributed by atoms with E-state index in [0.717, 1.165) is 47.3 Å². The Balaban J connectivity index is 1.52. The lowest BCUT2D eigenvalue weighted by molar-refractivity contribution is 0.284. The van der Waals surface area contributed by atoms with Crippen LogP contribution in [0.3, 0.4) is 0 Å². The summed E-state index contributed by atoms with van der Waals surface area (Å²) in [7, 11) is 1.65. The highest BCUT2D eigenvalue weighted by atomic mass is 35.5. The van der Waals surface area contributed by atoms with Gasteiger partial charge in [0.15, 0.2) is 11.5 Å². The van der Waals surface area contributed by atoms with Crippen LogP contribution in [0.15, 0.2) is 61.2 Å². The van der Waals surface area contributed by atoms with Crippen LogP contribution in [-0.4, -0.2) is 23.2 Å². The molecule has 0 aliphatic carbocycles. The van der Waals surface area contributed by atoms with Crippen LogP contribution in [0.2, 0.25) is 5.02 Å². The summed E-state index contributed by atoms with van der Waals surface area (Å²) in [4.78, 5) is 4.03. The van der Waals surface area contributed by atoms with Crippen LogP contribution in [0, 0.1) is 0 Å². The van der Waals surface area contributed by atoms with Crippen LogP contribution < -0.4 is 14.8 Å². The molecule has 26 heavy (non-hydrogen) atoms. The molecule has 0 fully saturated rings. The van der Waals surface area contributed by atoms with Gasteiger partial charge >= 0.3 is 0 Å². The molecule has 5 nitrogen and oxygen atoms in total. The molecule has 0 unspecified atom stereocenters. The molecule has 0 amide bonds. The lowest BCUT2D eigenvalue weighted by Crippen LogP contribution is -2.19. The van der Waals surface area contributed by atoms with E-state index >= 15 is 0 Å². The SMILES string of the molecule is COc1cc(CNCCn2ccnc2)ccc1OCc1ccc(Cl)cc1. The summed E-state index contributed by atoms with van der Waals surface area (Å²) in [6, 6.07) is 13.6. The third-order valence-corrected chi connectivity index (χ3v) is 4.22. The molecule has 0 radical (unpaired) electrons. The molecule has 1 heterocycles. The predicted molar refractivity (Wildman–Crippen MR) is 103 cm³/mol. The van der Waals surface area contributed by atoms with Crippen molar-refractivity contribution in [3.05, 3.63) is 77.3 Å². The first kappa shape index (κ1) is 18.3. The van der Waals surface area contributed by atoms with Crippen LogP contribution in [0.25, 0.3) is 0 Å². The molecule has 0 saturated carbocycles. The van der Waals surface area contributed by atoms with Crippen LogP contribution in [-0.2, 0) is 19.7 Å². The van der Waals surface area contributed by atoms with Gasteiger partial charge in [0.25, 0.3) is 0 Å². The molecule has 0 saturated heterocycles. The number of benzene rings is 2. The van der Waals surface area contributed by atoms with Crippen molar-refractivity contribution in [2.75, 3.05) is 13.7 Å².